The predicted octanol–water partition coefficient (Wildman–Crippen LogP) is 6.20. The van der Waals surface area contributed by atoms with Gasteiger partial charge in [-0.05, 0) is 66.5 Å². The van der Waals surface area contributed by atoms with Gasteiger partial charge in [0.15, 0.2) is 0 Å². The van der Waals surface area contributed by atoms with Gasteiger partial charge < -0.3 is 15.2 Å². The molecule has 1 aliphatic carbocycles. The van der Waals surface area contributed by atoms with Gasteiger partial charge in [-0.25, -0.2) is 0 Å². The third-order valence-electron chi connectivity index (χ3n) is 6.76. The van der Waals surface area contributed by atoms with Crippen LogP contribution in [0.15, 0.2) is 60.9 Å². The second kappa shape index (κ2) is 11.3. The van der Waals surface area contributed by atoms with Crippen molar-refractivity contribution in [3.05, 3.63) is 77.6 Å². The topological polar surface area (TPSA) is 88.5 Å². The highest BCUT2D eigenvalue weighted by molar-refractivity contribution is 5.97. The lowest BCUT2D eigenvalue weighted by Gasteiger charge is -2.33. The van der Waals surface area contributed by atoms with Crippen molar-refractivity contribution in [1.29, 1.82) is 0 Å². The first kappa shape index (κ1) is 25.3. The maximum atomic E-state index is 13.5. The van der Waals surface area contributed by atoms with Crippen LogP contribution in [0.3, 0.4) is 0 Å². The number of hydrogen-bond donors (Lipinski definition) is 2. The summed E-state index contributed by atoms with van der Waals surface area (Å²) < 4.78 is 29.5. The maximum absolute atomic E-state index is 13.5. The molecule has 2 aromatic carbocycles. The number of carboxylic acids is 1. The Bertz CT molecular complexity index is 1230. The van der Waals surface area contributed by atoms with Crippen LogP contribution in [0.25, 0.3) is 11.1 Å². The molecule has 0 aliphatic heterocycles. The molecule has 1 unspecified atom stereocenters. The number of carboxylic acid groups (broad SMARTS) is 1. The number of hydrogen-bond acceptors (Lipinski definition) is 4. The Balaban J connectivity index is 1.54. The molecule has 1 atom stereocenters. The summed E-state index contributed by atoms with van der Waals surface area (Å²) in [4.78, 5) is 28.4. The molecule has 6 nitrogen and oxygen atoms in total. The Kier molecular flexibility index (Phi) is 7.93. The van der Waals surface area contributed by atoms with Crippen LogP contribution in [0.5, 0.6) is 5.75 Å². The number of aryl methyl sites for hydroxylation is 1. The van der Waals surface area contributed by atoms with E-state index in [1.807, 2.05) is 49.4 Å². The molecular formula is C28H28F2N2O4. The van der Waals surface area contributed by atoms with Gasteiger partial charge in [0.05, 0.1) is 12.1 Å². The highest BCUT2D eigenvalue weighted by atomic mass is 19.3. The average Bonchev–Trinajstić information content (AvgIpc) is 2.81. The fraction of sp³-hybridized carbons (Fsp3) is 0.321. The number of carbonyl (C=O) groups is 2. The van der Waals surface area contributed by atoms with Gasteiger partial charge in [0.1, 0.15) is 5.75 Å². The monoisotopic (exact) mass is 494 g/mol. The van der Waals surface area contributed by atoms with E-state index in [0.717, 1.165) is 41.5 Å². The Labute approximate surface area is 208 Å². The third-order valence-corrected chi connectivity index (χ3v) is 6.76. The zero-order valence-electron chi connectivity index (χ0n) is 19.9. The molecule has 1 fully saturated rings. The molecule has 188 valence electrons. The molecule has 1 saturated carbocycles. The number of nitrogens with one attached hydrogen (secondary N) is 1. The van der Waals surface area contributed by atoms with Gasteiger partial charge in [-0.3, -0.25) is 14.6 Å². The van der Waals surface area contributed by atoms with Crippen LogP contribution in [0.2, 0.25) is 0 Å². The summed E-state index contributed by atoms with van der Waals surface area (Å²) in [5.74, 6) is -1.07. The molecule has 8 heteroatoms. The molecular weight excluding hydrogens is 466 g/mol. The molecule has 1 aromatic heterocycles. The van der Waals surface area contributed by atoms with E-state index in [2.05, 4.69) is 15.0 Å². The molecule has 3 aromatic rings. The largest absolute Gasteiger partial charge is 0.481 e. The molecule has 2 N–H and O–H groups in total. The summed E-state index contributed by atoms with van der Waals surface area (Å²) in [6.07, 6.45) is 6.25. The summed E-state index contributed by atoms with van der Waals surface area (Å²) >= 11 is 0. The first-order valence-electron chi connectivity index (χ1n) is 11.9. The first-order valence-corrected chi connectivity index (χ1v) is 11.9. The Hall–Kier alpha value is -3.81. The smallest absolute Gasteiger partial charge is 0.387 e. The molecule has 1 amide bonds. The van der Waals surface area contributed by atoms with E-state index in [1.54, 1.807) is 6.20 Å². The summed E-state index contributed by atoms with van der Waals surface area (Å²) in [6.45, 7) is -1.03. The van der Waals surface area contributed by atoms with Gasteiger partial charge >= 0.3 is 12.6 Å². The van der Waals surface area contributed by atoms with Gasteiger partial charge in [-0.1, -0.05) is 42.8 Å². The van der Waals surface area contributed by atoms with Gasteiger partial charge in [0.2, 0.25) is 5.91 Å². The maximum Gasteiger partial charge on any atom is 0.387 e. The minimum atomic E-state index is -2.92. The van der Waals surface area contributed by atoms with Crippen LogP contribution in [-0.4, -0.2) is 28.6 Å². The van der Waals surface area contributed by atoms with E-state index < -0.39 is 12.6 Å². The summed E-state index contributed by atoms with van der Waals surface area (Å²) in [5.41, 5.74) is 4.75. The van der Waals surface area contributed by atoms with E-state index in [4.69, 9.17) is 5.11 Å². The summed E-state index contributed by atoms with van der Waals surface area (Å²) in [5, 5.41) is 12.1. The Morgan fingerprint density at radius 3 is 2.50 bits per heavy atom. The highest BCUT2D eigenvalue weighted by Crippen LogP contribution is 2.41. The third kappa shape index (κ3) is 6.05. The lowest BCUT2D eigenvalue weighted by atomic mass is 9.72. The number of amides is 1. The number of pyridine rings is 1. The molecule has 0 bridgehead atoms. The fourth-order valence-corrected chi connectivity index (χ4v) is 4.58. The number of ether oxygens (including phenoxy) is 1. The number of aliphatic carboxylic acids is 1. The molecule has 4 rings (SSSR count). The molecule has 1 heterocycles. The zero-order chi connectivity index (χ0) is 25.7. The van der Waals surface area contributed by atoms with Gasteiger partial charge in [0, 0.05) is 23.9 Å². The van der Waals surface area contributed by atoms with Crippen molar-refractivity contribution in [2.45, 2.75) is 51.6 Å². The molecule has 0 spiro atoms. The van der Waals surface area contributed by atoms with Crippen molar-refractivity contribution in [1.82, 2.24) is 4.98 Å². The number of benzene rings is 2. The Morgan fingerprint density at radius 2 is 1.86 bits per heavy atom. The molecule has 36 heavy (non-hydrogen) atoms. The number of nitrogens with zero attached hydrogens (tertiary/aromatic N) is 1. The fourth-order valence-electron chi connectivity index (χ4n) is 4.58. The van der Waals surface area contributed by atoms with E-state index >= 15 is 0 Å². The van der Waals surface area contributed by atoms with Crippen LogP contribution in [0.1, 0.15) is 48.3 Å². The summed E-state index contributed by atoms with van der Waals surface area (Å²) in [6, 6.07) is 14.6. The van der Waals surface area contributed by atoms with E-state index in [-0.39, 0.29) is 29.9 Å². The second-order valence-corrected chi connectivity index (χ2v) is 9.05. The quantitative estimate of drug-likeness (QED) is 0.350. The number of halogens is 2. The number of aromatic nitrogens is 1. The van der Waals surface area contributed by atoms with Crippen molar-refractivity contribution in [2.24, 2.45) is 5.92 Å². The van der Waals surface area contributed by atoms with Crippen LogP contribution in [0, 0.1) is 12.8 Å². The second-order valence-electron chi connectivity index (χ2n) is 9.05. The minimum Gasteiger partial charge on any atom is -0.481 e. The van der Waals surface area contributed by atoms with Crippen LogP contribution < -0.4 is 10.1 Å². The number of carbonyl (C=O) groups excluding carboxylic acids is 1. The van der Waals surface area contributed by atoms with Gasteiger partial charge in [-0.15, -0.1) is 0 Å². The van der Waals surface area contributed by atoms with Gasteiger partial charge in [0.25, 0.3) is 0 Å². The number of anilines is 1. The number of alkyl halides is 2. The molecule has 1 aliphatic rings. The molecule has 0 radical (unpaired) electrons. The minimum absolute atomic E-state index is 0.0146. The SMILES string of the molecule is Cc1c(CCC(=O)O)cccc1NC(=O)C(c1ccc(-c2cncc(OC(F)F)c2)cc1)C1CCC1. The summed E-state index contributed by atoms with van der Waals surface area (Å²) in [7, 11) is 0. The van der Waals surface area contributed by atoms with E-state index in [9.17, 15) is 18.4 Å². The van der Waals surface area contributed by atoms with Crippen molar-refractivity contribution >= 4 is 17.6 Å². The lowest BCUT2D eigenvalue weighted by molar-refractivity contribution is -0.137. The average molecular weight is 495 g/mol. The first-order chi connectivity index (χ1) is 17.3. The van der Waals surface area contributed by atoms with Crippen LogP contribution in [0.4, 0.5) is 14.5 Å². The van der Waals surface area contributed by atoms with E-state index in [1.165, 1.54) is 12.3 Å². The van der Waals surface area contributed by atoms with Crippen LogP contribution in [-0.2, 0) is 16.0 Å². The lowest BCUT2D eigenvalue weighted by Crippen LogP contribution is -2.31. The Morgan fingerprint density at radius 1 is 1.11 bits per heavy atom. The van der Waals surface area contributed by atoms with Gasteiger partial charge in [-0.2, -0.15) is 8.78 Å². The predicted molar refractivity (Wildman–Crippen MR) is 132 cm³/mol. The van der Waals surface area contributed by atoms with Crippen LogP contribution >= 0.6 is 0 Å². The van der Waals surface area contributed by atoms with Crippen molar-refractivity contribution in [3.63, 3.8) is 0 Å². The zero-order valence-corrected chi connectivity index (χ0v) is 19.9. The van der Waals surface area contributed by atoms with Crippen molar-refractivity contribution in [2.75, 3.05) is 5.32 Å². The normalized spacial score (nSPS) is 14.2. The highest BCUT2D eigenvalue weighted by Gasteiger charge is 2.34. The van der Waals surface area contributed by atoms with E-state index in [0.29, 0.717) is 17.7 Å². The molecule has 0 saturated heterocycles. The number of rotatable bonds is 10. The standard InChI is InChI=1S/C28H28F2N2O4/c1-17-18(12-13-25(33)34)4-3-7-24(17)32-27(35)26(20-5-2-6-20)21-10-8-19(9-11-21)22-14-23(16-31-15-22)36-28(29)30/h3-4,7-11,14-16,20,26,28H,2,5-6,12-13H2,1H3,(H,32,35)(H,33,34). The van der Waals surface area contributed by atoms with Crippen molar-refractivity contribution < 1.29 is 28.2 Å². The van der Waals surface area contributed by atoms with Crippen molar-refractivity contribution in [3.8, 4) is 16.9 Å².